The van der Waals surface area contributed by atoms with Gasteiger partial charge in [0.1, 0.15) is 6.29 Å². The zero-order valence-electron chi connectivity index (χ0n) is 7.00. The van der Waals surface area contributed by atoms with Gasteiger partial charge in [-0.15, -0.1) is 11.3 Å². The molecule has 0 saturated carbocycles. The highest BCUT2D eigenvalue weighted by Crippen LogP contribution is 2.27. The predicted molar refractivity (Wildman–Crippen MR) is 51.9 cm³/mol. The van der Waals surface area contributed by atoms with Crippen LogP contribution in [0.15, 0.2) is 18.2 Å². The molecule has 0 aliphatic rings. The summed E-state index contributed by atoms with van der Waals surface area (Å²) in [5.41, 5.74) is 1.55. The summed E-state index contributed by atoms with van der Waals surface area (Å²) in [4.78, 5) is 10.5. The van der Waals surface area contributed by atoms with Crippen molar-refractivity contribution in [3.05, 3.63) is 34.5 Å². The maximum atomic E-state index is 12.9. The van der Waals surface area contributed by atoms with Gasteiger partial charge in [0.2, 0.25) is 0 Å². The van der Waals surface area contributed by atoms with Crippen LogP contribution < -0.4 is 0 Å². The van der Waals surface area contributed by atoms with Crippen LogP contribution in [0, 0.1) is 12.1 Å². The van der Waals surface area contributed by atoms with Crippen molar-refractivity contribution in [3.8, 4) is 0 Å². The number of aldehydes is 1. The summed E-state index contributed by atoms with van der Waals surface area (Å²) in [6.07, 6.45) is 0.782. The molecule has 1 nitrogen and oxygen atoms in total. The SMILES string of the molecule is Cc1cc(C=O)cc2sc(F)cc12. The van der Waals surface area contributed by atoms with E-state index in [0.717, 1.165) is 33.3 Å². The number of aryl methyl sites for hydroxylation is 1. The van der Waals surface area contributed by atoms with E-state index in [1.807, 2.05) is 6.92 Å². The maximum absolute atomic E-state index is 12.9. The Morgan fingerprint density at radius 1 is 1.38 bits per heavy atom. The van der Waals surface area contributed by atoms with Gasteiger partial charge in [-0.25, -0.2) is 0 Å². The topological polar surface area (TPSA) is 17.1 Å². The molecule has 0 atom stereocenters. The zero-order valence-corrected chi connectivity index (χ0v) is 7.82. The van der Waals surface area contributed by atoms with E-state index >= 15 is 0 Å². The average Bonchev–Trinajstić information content (AvgIpc) is 2.46. The molecule has 0 aliphatic carbocycles. The van der Waals surface area contributed by atoms with Crippen molar-refractivity contribution < 1.29 is 9.18 Å². The molecule has 0 spiro atoms. The van der Waals surface area contributed by atoms with Crippen molar-refractivity contribution in [1.82, 2.24) is 0 Å². The third kappa shape index (κ3) is 1.35. The van der Waals surface area contributed by atoms with E-state index in [2.05, 4.69) is 0 Å². The van der Waals surface area contributed by atoms with Gasteiger partial charge in [0, 0.05) is 10.3 Å². The lowest BCUT2D eigenvalue weighted by molar-refractivity contribution is 0.112. The lowest BCUT2D eigenvalue weighted by atomic mass is 10.1. The van der Waals surface area contributed by atoms with Gasteiger partial charge in [0.15, 0.2) is 5.13 Å². The second kappa shape index (κ2) is 2.92. The number of thiophene rings is 1. The standard InChI is InChI=1S/C10H7FOS/c1-6-2-7(5-12)3-9-8(6)4-10(11)13-9/h2-5H,1H3. The molecule has 0 bridgehead atoms. The van der Waals surface area contributed by atoms with Crippen molar-refractivity contribution in [2.45, 2.75) is 6.92 Å². The Morgan fingerprint density at radius 3 is 2.85 bits per heavy atom. The van der Waals surface area contributed by atoms with E-state index in [4.69, 9.17) is 0 Å². The summed E-state index contributed by atoms with van der Waals surface area (Å²) in [5, 5.41) is 0.689. The normalized spacial score (nSPS) is 10.6. The Bertz CT molecular complexity index is 473. The van der Waals surface area contributed by atoms with E-state index in [1.54, 1.807) is 12.1 Å². The first-order valence-electron chi connectivity index (χ1n) is 3.85. The number of hydrogen-bond donors (Lipinski definition) is 0. The molecule has 0 radical (unpaired) electrons. The molecule has 0 amide bonds. The Balaban J connectivity index is 2.82. The third-order valence-electron chi connectivity index (χ3n) is 1.97. The average molecular weight is 194 g/mol. The summed E-state index contributed by atoms with van der Waals surface area (Å²) >= 11 is 1.07. The smallest absolute Gasteiger partial charge is 0.177 e. The van der Waals surface area contributed by atoms with E-state index < -0.39 is 0 Å². The number of halogens is 1. The molecule has 0 saturated heterocycles. The number of benzene rings is 1. The first-order valence-corrected chi connectivity index (χ1v) is 4.67. The molecule has 66 valence electrons. The number of rotatable bonds is 1. The van der Waals surface area contributed by atoms with Crippen LogP contribution in [-0.4, -0.2) is 6.29 Å². The summed E-state index contributed by atoms with van der Waals surface area (Å²) in [6.45, 7) is 1.88. The molecule has 2 aromatic rings. The fourth-order valence-corrected chi connectivity index (χ4v) is 2.29. The monoisotopic (exact) mass is 194 g/mol. The van der Waals surface area contributed by atoms with Crippen LogP contribution in [0.4, 0.5) is 4.39 Å². The van der Waals surface area contributed by atoms with Crippen LogP contribution >= 0.6 is 11.3 Å². The molecule has 13 heavy (non-hydrogen) atoms. The third-order valence-corrected chi connectivity index (χ3v) is 2.84. The maximum Gasteiger partial charge on any atom is 0.177 e. The zero-order chi connectivity index (χ0) is 9.42. The Labute approximate surface area is 78.8 Å². The molecule has 0 fully saturated rings. The van der Waals surface area contributed by atoms with Gasteiger partial charge >= 0.3 is 0 Å². The van der Waals surface area contributed by atoms with E-state index in [9.17, 15) is 9.18 Å². The fourth-order valence-electron chi connectivity index (χ4n) is 1.38. The largest absolute Gasteiger partial charge is 0.298 e. The molecule has 1 heterocycles. The van der Waals surface area contributed by atoms with Crippen LogP contribution in [-0.2, 0) is 0 Å². The number of hydrogen-bond acceptors (Lipinski definition) is 2. The van der Waals surface area contributed by atoms with Crippen LogP contribution in [0.2, 0.25) is 0 Å². The van der Waals surface area contributed by atoms with Crippen molar-refractivity contribution in [3.63, 3.8) is 0 Å². The quantitative estimate of drug-likeness (QED) is 0.637. The second-order valence-electron chi connectivity index (χ2n) is 2.92. The van der Waals surface area contributed by atoms with Gasteiger partial charge in [-0.1, -0.05) is 0 Å². The molecule has 2 rings (SSSR count). The first kappa shape index (κ1) is 8.38. The van der Waals surface area contributed by atoms with Gasteiger partial charge in [-0.2, -0.15) is 4.39 Å². The van der Waals surface area contributed by atoms with Crippen molar-refractivity contribution >= 4 is 27.7 Å². The molecule has 1 aromatic carbocycles. The highest BCUT2D eigenvalue weighted by molar-refractivity contribution is 7.17. The van der Waals surface area contributed by atoms with Crippen molar-refractivity contribution in [1.29, 1.82) is 0 Å². The lowest BCUT2D eigenvalue weighted by Crippen LogP contribution is -1.80. The summed E-state index contributed by atoms with van der Waals surface area (Å²) in [5.74, 6) is 0. The Hall–Kier alpha value is -1.22. The van der Waals surface area contributed by atoms with Crippen LogP contribution in [0.5, 0.6) is 0 Å². The summed E-state index contributed by atoms with van der Waals surface area (Å²) in [6, 6.07) is 4.98. The second-order valence-corrected chi connectivity index (χ2v) is 3.95. The van der Waals surface area contributed by atoms with Gasteiger partial charge in [0.05, 0.1) is 0 Å². The van der Waals surface area contributed by atoms with Crippen molar-refractivity contribution in [2.75, 3.05) is 0 Å². The highest BCUT2D eigenvalue weighted by Gasteiger charge is 2.04. The molecular formula is C10H7FOS. The highest BCUT2D eigenvalue weighted by atomic mass is 32.1. The fraction of sp³-hybridized carbons (Fsp3) is 0.100. The van der Waals surface area contributed by atoms with E-state index in [1.165, 1.54) is 6.07 Å². The van der Waals surface area contributed by atoms with E-state index in [-0.39, 0.29) is 5.13 Å². The molecule has 0 N–H and O–H groups in total. The summed E-state index contributed by atoms with van der Waals surface area (Å²) in [7, 11) is 0. The number of carbonyl (C=O) groups is 1. The number of carbonyl (C=O) groups excluding carboxylic acids is 1. The summed E-state index contributed by atoms with van der Waals surface area (Å²) < 4.78 is 13.7. The molecular weight excluding hydrogens is 187 g/mol. The van der Waals surface area contributed by atoms with E-state index in [0.29, 0.717) is 5.56 Å². The minimum Gasteiger partial charge on any atom is -0.298 e. The Kier molecular flexibility index (Phi) is 1.88. The van der Waals surface area contributed by atoms with Crippen LogP contribution in [0.3, 0.4) is 0 Å². The van der Waals surface area contributed by atoms with Gasteiger partial charge in [-0.3, -0.25) is 4.79 Å². The molecule has 0 aliphatic heterocycles. The molecule has 0 unspecified atom stereocenters. The lowest BCUT2D eigenvalue weighted by Gasteiger charge is -1.96. The van der Waals surface area contributed by atoms with Gasteiger partial charge in [0.25, 0.3) is 0 Å². The van der Waals surface area contributed by atoms with Crippen LogP contribution in [0.1, 0.15) is 15.9 Å². The first-order chi connectivity index (χ1) is 6.20. The Morgan fingerprint density at radius 2 is 2.15 bits per heavy atom. The number of fused-ring (bicyclic) bond motifs is 1. The molecule has 3 heteroatoms. The predicted octanol–water partition coefficient (Wildman–Crippen LogP) is 3.16. The van der Waals surface area contributed by atoms with Crippen LogP contribution in [0.25, 0.3) is 10.1 Å². The van der Waals surface area contributed by atoms with Gasteiger partial charge < -0.3 is 0 Å². The van der Waals surface area contributed by atoms with Crippen molar-refractivity contribution in [2.24, 2.45) is 0 Å². The molecule has 1 aromatic heterocycles. The van der Waals surface area contributed by atoms with Gasteiger partial charge in [-0.05, 0) is 36.1 Å². The minimum atomic E-state index is -0.207. The minimum absolute atomic E-state index is 0.207.